The fraction of sp³-hybridized carbons (Fsp3) is 0.583. The van der Waals surface area contributed by atoms with Crippen molar-refractivity contribution in [2.45, 2.75) is 19.8 Å². The number of nitrogens with zero attached hydrogens (tertiary/aromatic N) is 2. The monoisotopic (exact) mass is 223 g/mol. The van der Waals surface area contributed by atoms with E-state index in [0.29, 0.717) is 12.4 Å². The van der Waals surface area contributed by atoms with Crippen LogP contribution in [0, 0.1) is 11.2 Å². The quantitative estimate of drug-likeness (QED) is 0.831. The Morgan fingerprint density at radius 1 is 1.50 bits per heavy atom. The summed E-state index contributed by atoms with van der Waals surface area (Å²) >= 11 is 0. The molecule has 0 spiro atoms. The van der Waals surface area contributed by atoms with Gasteiger partial charge in [0, 0.05) is 19.3 Å². The Kier molecular flexibility index (Phi) is 3.10. The van der Waals surface area contributed by atoms with Crippen LogP contribution >= 0.6 is 0 Å². The Morgan fingerprint density at radius 3 is 2.75 bits per heavy atom. The second-order valence-corrected chi connectivity index (χ2v) is 4.81. The third-order valence-electron chi connectivity index (χ3n) is 3.50. The van der Waals surface area contributed by atoms with Crippen LogP contribution in [-0.2, 0) is 0 Å². The molecule has 88 valence electrons. The molecule has 4 heteroatoms. The lowest BCUT2D eigenvalue weighted by molar-refractivity contribution is 0.257. The van der Waals surface area contributed by atoms with Gasteiger partial charge < -0.3 is 10.6 Å². The summed E-state index contributed by atoms with van der Waals surface area (Å²) in [4.78, 5) is 6.10. The molecule has 2 N–H and O–H groups in total. The summed E-state index contributed by atoms with van der Waals surface area (Å²) in [5.74, 6) is 0.237. The maximum atomic E-state index is 13.5. The van der Waals surface area contributed by atoms with Gasteiger partial charge in [0.05, 0.1) is 0 Å². The molecule has 1 aliphatic heterocycles. The van der Waals surface area contributed by atoms with Crippen molar-refractivity contribution >= 4 is 5.82 Å². The first kappa shape index (κ1) is 11.3. The Labute approximate surface area is 95.5 Å². The largest absolute Gasteiger partial charge is 0.354 e. The van der Waals surface area contributed by atoms with E-state index in [2.05, 4.69) is 11.9 Å². The van der Waals surface area contributed by atoms with Crippen LogP contribution in [-0.4, -0.2) is 24.6 Å². The van der Waals surface area contributed by atoms with Gasteiger partial charge in [-0.25, -0.2) is 9.37 Å². The van der Waals surface area contributed by atoms with Crippen LogP contribution < -0.4 is 10.6 Å². The first-order valence-electron chi connectivity index (χ1n) is 5.70. The lowest BCUT2D eigenvalue weighted by Crippen LogP contribution is -2.42. The van der Waals surface area contributed by atoms with Crippen molar-refractivity contribution in [2.75, 3.05) is 24.5 Å². The number of anilines is 1. The van der Waals surface area contributed by atoms with Crippen LogP contribution in [0.15, 0.2) is 18.3 Å². The summed E-state index contributed by atoms with van der Waals surface area (Å²) in [6.07, 6.45) is 3.63. The predicted molar refractivity (Wildman–Crippen MR) is 62.8 cm³/mol. The Hall–Kier alpha value is -1.16. The fourth-order valence-electron chi connectivity index (χ4n) is 2.07. The zero-order valence-electron chi connectivity index (χ0n) is 9.62. The van der Waals surface area contributed by atoms with E-state index in [-0.39, 0.29) is 11.2 Å². The van der Waals surface area contributed by atoms with E-state index >= 15 is 0 Å². The SMILES string of the molecule is CC1(CN)CCN(c2ncccc2F)CC1. The third-order valence-corrected chi connectivity index (χ3v) is 3.50. The van der Waals surface area contributed by atoms with Crippen molar-refractivity contribution in [2.24, 2.45) is 11.1 Å². The maximum Gasteiger partial charge on any atom is 0.165 e. The molecule has 3 nitrogen and oxygen atoms in total. The average Bonchev–Trinajstić information content (AvgIpc) is 2.31. The number of piperidine rings is 1. The molecule has 2 heterocycles. The van der Waals surface area contributed by atoms with Crippen molar-refractivity contribution in [1.29, 1.82) is 0 Å². The number of halogens is 1. The highest BCUT2D eigenvalue weighted by molar-refractivity contribution is 5.40. The van der Waals surface area contributed by atoms with Gasteiger partial charge in [-0.15, -0.1) is 0 Å². The maximum absolute atomic E-state index is 13.5. The molecule has 0 unspecified atom stereocenters. The van der Waals surface area contributed by atoms with Crippen LogP contribution in [0.1, 0.15) is 19.8 Å². The Morgan fingerprint density at radius 2 is 2.19 bits per heavy atom. The molecule has 0 aliphatic carbocycles. The van der Waals surface area contributed by atoms with E-state index in [0.717, 1.165) is 25.9 Å². The van der Waals surface area contributed by atoms with Crippen molar-refractivity contribution in [3.63, 3.8) is 0 Å². The van der Waals surface area contributed by atoms with E-state index in [9.17, 15) is 4.39 Å². The van der Waals surface area contributed by atoms with Gasteiger partial charge in [0.2, 0.25) is 0 Å². The van der Waals surface area contributed by atoms with Crippen molar-refractivity contribution in [3.05, 3.63) is 24.1 Å². The number of hydrogen-bond acceptors (Lipinski definition) is 3. The number of hydrogen-bond donors (Lipinski definition) is 1. The zero-order valence-corrected chi connectivity index (χ0v) is 9.62. The highest BCUT2D eigenvalue weighted by atomic mass is 19.1. The minimum absolute atomic E-state index is 0.210. The van der Waals surface area contributed by atoms with Crippen LogP contribution in [0.25, 0.3) is 0 Å². The summed E-state index contributed by atoms with van der Waals surface area (Å²) in [6, 6.07) is 3.08. The van der Waals surface area contributed by atoms with Crippen molar-refractivity contribution < 1.29 is 4.39 Å². The van der Waals surface area contributed by atoms with E-state index < -0.39 is 0 Å². The van der Waals surface area contributed by atoms with Gasteiger partial charge in [-0.2, -0.15) is 0 Å². The van der Waals surface area contributed by atoms with Crippen LogP contribution in [0.3, 0.4) is 0 Å². The van der Waals surface area contributed by atoms with E-state index in [4.69, 9.17) is 5.73 Å². The van der Waals surface area contributed by atoms with E-state index in [1.807, 2.05) is 4.90 Å². The van der Waals surface area contributed by atoms with Crippen molar-refractivity contribution in [3.8, 4) is 0 Å². The molecule has 0 amide bonds. The van der Waals surface area contributed by atoms with Gasteiger partial charge in [0.15, 0.2) is 11.6 Å². The molecule has 1 saturated heterocycles. The number of aromatic nitrogens is 1. The van der Waals surface area contributed by atoms with Gasteiger partial charge in [-0.1, -0.05) is 6.92 Å². The first-order chi connectivity index (χ1) is 7.64. The minimum atomic E-state index is -0.237. The molecule has 0 aromatic carbocycles. The molecule has 2 rings (SSSR count). The smallest absolute Gasteiger partial charge is 0.165 e. The normalized spacial score (nSPS) is 19.8. The summed E-state index contributed by atoms with van der Waals surface area (Å²) in [6.45, 7) is 4.56. The van der Waals surface area contributed by atoms with Gasteiger partial charge in [-0.05, 0) is 36.9 Å². The molecule has 0 radical (unpaired) electrons. The van der Waals surface area contributed by atoms with Crippen molar-refractivity contribution in [1.82, 2.24) is 4.98 Å². The minimum Gasteiger partial charge on any atom is -0.354 e. The van der Waals surface area contributed by atoms with E-state index in [1.165, 1.54) is 6.07 Å². The van der Waals surface area contributed by atoms with Gasteiger partial charge in [0.1, 0.15) is 0 Å². The molecule has 16 heavy (non-hydrogen) atoms. The molecule has 0 bridgehead atoms. The highest BCUT2D eigenvalue weighted by Crippen LogP contribution is 2.31. The summed E-state index contributed by atoms with van der Waals surface area (Å²) in [7, 11) is 0. The molecular weight excluding hydrogens is 205 g/mol. The first-order valence-corrected chi connectivity index (χ1v) is 5.70. The number of nitrogens with two attached hydrogens (primary N) is 1. The predicted octanol–water partition coefficient (Wildman–Crippen LogP) is 1.79. The van der Waals surface area contributed by atoms with Crippen LogP contribution in [0.2, 0.25) is 0 Å². The molecule has 0 atom stereocenters. The summed E-state index contributed by atoms with van der Waals surface area (Å²) in [5, 5.41) is 0. The van der Waals surface area contributed by atoms with Gasteiger partial charge in [0.25, 0.3) is 0 Å². The Balaban J connectivity index is 2.07. The highest BCUT2D eigenvalue weighted by Gasteiger charge is 2.29. The lowest BCUT2D eigenvalue weighted by atomic mass is 9.80. The lowest BCUT2D eigenvalue weighted by Gasteiger charge is -2.39. The second-order valence-electron chi connectivity index (χ2n) is 4.81. The number of pyridine rings is 1. The zero-order chi connectivity index (χ0) is 11.6. The van der Waals surface area contributed by atoms with Crippen LogP contribution in [0.4, 0.5) is 10.2 Å². The molecule has 1 aliphatic rings. The Bertz CT molecular complexity index is 359. The molecule has 1 aromatic heterocycles. The molecular formula is C12H18FN3. The summed E-state index contributed by atoms with van der Waals surface area (Å²) < 4.78 is 13.5. The second kappa shape index (κ2) is 4.37. The molecule has 0 saturated carbocycles. The fourth-order valence-corrected chi connectivity index (χ4v) is 2.07. The third kappa shape index (κ3) is 2.16. The standard InChI is InChI=1S/C12H18FN3/c1-12(9-14)4-7-16(8-5-12)11-10(13)3-2-6-15-11/h2-3,6H,4-5,7-9,14H2,1H3. The van der Waals surface area contributed by atoms with Gasteiger partial charge in [-0.3, -0.25) is 0 Å². The van der Waals surface area contributed by atoms with Crippen LogP contribution in [0.5, 0.6) is 0 Å². The number of rotatable bonds is 2. The molecule has 1 aromatic rings. The van der Waals surface area contributed by atoms with Gasteiger partial charge >= 0.3 is 0 Å². The average molecular weight is 223 g/mol. The molecule has 1 fully saturated rings. The summed E-state index contributed by atoms with van der Waals surface area (Å²) in [5.41, 5.74) is 5.95. The topological polar surface area (TPSA) is 42.1 Å². The van der Waals surface area contributed by atoms with E-state index in [1.54, 1.807) is 12.3 Å².